The number of aliphatic hydroxyl groups excluding tert-OH is 1. The van der Waals surface area contributed by atoms with E-state index in [1.807, 2.05) is 21.0 Å². The summed E-state index contributed by atoms with van der Waals surface area (Å²) in [5.74, 6) is -0.316. The van der Waals surface area contributed by atoms with E-state index in [9.17, 15) is 14.7 Å². The lowest BCUT2D eigenvalue weighted by atomic mass is 9.73. The van der Waals surface area contributed by atoms with Crippen molar-refractivity contribution in [2.75, 3.05) is 40.3 Å². The molecule has 2 saturated heterocycles. The second kappa shape index (κ2) is 10.0. The summed E-state index contributed by atoms with van der Waals surface area (Å²) in [7, 11) is 3.65. The zero-order valence-corrected chi connectivity index (χ0v) is 17.5. The molecule has 0 radical (unpaired) electrons. The molecule has 0 unspecified atom stereocenters. The Morgan fingerprint density at radius 2 is 2.00 bits per heavy atom. The molecule has 11 heteroatoms. The second-order valence-electron chi connectivity index (χ2n) is 8.04. The summed E-state index contributed by atoms with van der Waals surface area (Å²) < 4.78 is 10.9. The van der Waals surface area contributed by atoms with Gasteiger partial charge in [-0.1, -0.05) is 0 Å². The Morgan fingerprint density at radius 3 is 2.53 bits per heavy atom. The van der Waals surface area contributed by atoms with Gasteiger partial charge in [0.15, 0.2) is 12.1 Å². The molecule has 0 aromatic carbocycles. The fraction of sp³-hybridized carbons (Fsp3) is 0.684. The van der Waals surface area contributed by atoms with Crippen molar-refractivity contribution in [3.05, 3.63) is 18.4 Å². The average Bonchev–Trinajstić information content (AvgIpc) is 3.21. The number of oxazole rings is 1. The predicted octanol–water partition coefficient (Wildman–Crippen LogP) is -0.432. The predicted molar refractivity (Wildman–Crippen MR) is 105 cm³/mol. The fourth-order valence-corrected chi connectivity index (χ4v) is 4.02. The molecule has 1 aromatic heterocycles. The van der Waals surface area contributed by atoms with Crippen LogP contribution in [0.1, 0.15) is 36.7 Å². The number of hydrogen-bond donors (Lipinski definition) is 3. The van der Waals surface area contributed by atoms with Crippen LogP contribution in [0.3, 0.4) is 0 Å². The number of hydrogen-bond acceptors (Lipinski definition) is 8. The zero-order valence-electron chi connectivity index (χ0n) is 17.5. The molecule has 3 N–H and O–H groups in total. The van der Waals surface area contributed by atoms with Crippen molar-refractivity contribution in [2.45, 2.75) is 43.4 Å². The maximum Gasteiger partial charge on any atom is 0.290 e. The highest BCUT2D eigenvalue weighted by atomic mass is 16.5. The Morgan fingerprint density at radius 1 is 1.37 bits per heavy atom. The third-order valence-corrected chi connectivity index (χ3v) is 5.55. The first-order valence-electron chi connectivity index (χ1n) is 9.70. The number of nitrogens with zero attached hydrogens (tertiary/aromatic N) is 3. The van der Waals surface area contributed by atoms with Crippen LogP contribution < -0.4 is 5.32 Å². The van der Waals surface area contributed by atoms with Crippen molar-refractivity contribution in [2.24, 2.45) is 0 Å². The van der Waals surface area contributed by atoms with E-state index in [-0.39, 0.29) is 30.5 Å². The second-order valence-corrected chi connectivity index (χ2v) is 8.04. The molecule has 0 aliphatic carbocycles. The SMILES string of the molecule is CN(C)CC(=O)N[C@@]1(C)CCOC2(CCN(C(=O)c3cocn3)CC2)[C@@H]1O.O=CO. The van der Waals surface area contributed by atoms with Gasteiger partial charge in [0.1, 0.15) is 12.4 Å². The minimum absolute atomic E-state index is 0.128. The average molecular weight is 426 g/mol. The van der Waals surface area contributed by atoms with E-state index in [0.29, 0.717) is 39.0 Å². The van der Waals surface area contributed by atoms with Gasteiger partial charge in [-0.3, -0.25) is 14.4 Å². The number of nitrogens with one attached hydrogen (secondary N) is 1. The summed E-state index contributed by atoms with van der Waals surface area (Å²) in [6.07, 6.45) is 3.24. The summed E-state index contributed by atoms with van der Waals surface area (Å²) in [4.78, 5) is 40.4. The van der Waals surface area contributed by atoms with Crippen LogP contribution in [0.2, 0.25) is 0 Å². The van der Waals surface area contributed by atoms with Crippen molar-refractivity contribution >= 4 is 18.3 Å². The number of aliphatic hydroxyl groups is 1. The van der Waals surface area contributed by atoms with Crippen LogP contribution >= 0.6 is 0 Å². The molecule has 0 saturated carbocycles. The van der Waals surface area contributed by atoms with Crippen molar-refractivity contribution in [1.29, 1.82) is 0 Å². The van der Waals surface area contributed by atoms with Crippen LogP contribution in [0, 0.1) is 0 Å². The van der Waals surface area contributed by atoms with Gasteiger partial charge < -0.3 is 34.5 Å². The van der Waals surface area contributed by atoms with Crippen molar-refractivity contribution in [1.82, 2.24) is 20.1 Å². The molecule has 1 spiro atoms. The van der Waals surface area contributed by atoms with Gasteiger partial charge in [0, 0.05) is 19.7 Å². The van der Waals surface area contributed by atoms with Gasteiger partial charge in [0.25, 0.3) is 12.4 Å². The minimum atomic E-state index is -0.853. The molecule has 3 rings (SSSR count). The summed E-state index contributed by atoms with van der Waals surface area (Å²) in [6.45, 7) is 3.22. The number of piperidine rings is 1. The van der Waals surface area contributed by atoms with Crippen LogP contribution in [0.4, 0.5) is 0 Å². The molecule has 3 heterocycles. The highest BCUT2D eigenvalue weighted by Crippen LogP contribution is 2.40. The van der Waals surface area contributed by atoms with E-state index in [1.165, 1.54) is 12.7 Å². The van der Waals surface area contributed by atoms with Crippen LogP contribution in [0.25, 0.3) is 0 Å². The molecule has 1 aromatic rings. The van der Waals surface area contributed by atoms with E-state index in [0.717, 1.165) is 0 Å². The Bertz CT molecular complexity index is 716. The number of amides is 2. The van der Waals surface area contributed by atoms with Crippen LogP contribution in [-0.4, -0.2) is 101 Å². The smallest absolute Gasteiger partial charge is 0.290 e. The van der Waals surface area contributed by atoms with E-state index in [1.54, 1.807) is 9.80 Å². The number of carbonyl (C=O) groups excluding carboxylic acids is 2. The molecule has 0 bridgehead atoms. The Kier molecular flexibility index (Phi) is 7.93. The lowest BCUT2D eigenvalue weighted by Gasteiger charge is -2.53. The Balaban J connectivity index is 0.00000101. The Hall–Kier alpha value is -2.50. The number of carbonyl (C=O) groups is 3. The number of ether oxygens (including phenoxy) is 1. The molecule has 2 aliphatic heterocycles. The normalized spacial score (nSPS) is 25.4. The highest BCUT2D eigenvalue weighted by Gasteiger charge is 2.54. The Labute approximate surface area is 175 Å². The molecular weight excluding hydrogens is 396 g/mol. The first-order chi connectivity index (χ1) is 14.2. The molecule has 2 atom stereocenters. The number of likely N-dealkylation sites (tertiary alicyclic amines) is 1. The number of rotatable bonds is 4. The van der Waals surface area contributed by atoms with Crippen molar-refractivity contribution in [3.8, 4) is 0 Å². The maximum atomic E-state index is 12.4. The largest absolute Gasteiger partial charge is 0.483 e. The van der Waals surface area contributed by atoms with Crippen molar-refractivity contribution in [3.63, 3.8) is 0 Å². The minimum Gasteiger partial charge on any atom is -0.483 e. The van der Waals surface area contributed by atoms with Gasteiger partial charge in [-0.15, -0.1) is 0 Å². The van der Waals surface area contributed by atoms with Gasteiger partial charge in [-0.2, -0.15) is 0 Å². The third kappa shape index (κ3) is 5.35. The first-order valence-corrected chi connectivity index (χ1v) is 9.70. The van der Waals surface area contributed by atoms with E-state index in [4.69, 9.17) is 19.1 Å². The van der Waals surface area contributed by atoms with Crippen LogP contribution in [0.15, 0.2) is 17.1 Å². The monoisotopic (exact) mass is 426 g/mol. The molecule has 11 nitrogen and oxygen atoms in total. The van der Waals surface area contributed by atoms with Gasteiger partial charge in [-0.05, 0) is 40.3 Å². The van der Waals surface area contributed by atoms with Gasteiger partial charge in [-0.25, -0.2) is 4.98 Å². The number of likely N-dealkylation sites (N-methyl/N-ethyl adjacent to an activating group) is 1. The summed E-state index contributed by atoms with van der Waals surface area (Å²) in [6, 6.07) is 0. The molecule has 2 aliphatic rings. The fourth-order valence-electron chi connectivity index (χ4n) is 4.02. The quantitative estimate of drug-likeness (QED) is 0.546. The summed E-state index contributed by atoms with van der Waals surface area (Å²) in [5, 5.41) is 21.0. The summed E-state index contributed by atoms with van der Waals surface area (Å²) >= 11 is 0. The van der Waals surface area contributed by atoms with Gasteiger partial charge in [0.2, 0.25) is 5.91 Å². The molecule has 30 heavy (non-hydrogen) atoms. The molecule has 168 valence electrons. The molecule has 2 fully saturated rings. The van der Waals surface area contributed by atoms with Gasteiger partial charge in [0.05, 0.1) is 17.7 Å². The van der Waals surface area contributed by atoms with E-state index < -0.39 is 17.2 Å². The third-order valence-electron chi connectivity index (χ3n) is 5.55. The zero-order chi connectivity index (χ0) is 22.4. The topological polar surface area (TPSA) is 145 Å². The lowest BCUT2D eigenvalue weighted by molar-refractivity contribution is -0.205. The maximum absolute atomic E-state index is 12.4. The van der Waals surface area contributed by atoms with E-state index in [2.05, 4.69) is 10.3 Å². The van der Waals surface area contributed by atoms with Gasteiger partial charge >= 0.3 is 0 Å². The summed E-state index contributed by atoms with van der Waals surface area (Å²) in [5.41, 5.74) is -1.25. The number of carboxylic acid groups (broad SMARTS) is 1. The van der Waals surface area contributed by atoms with E-state index >= 15 is 0 Å². The first kappa shape index (κ1) is 23.8. The highest BCUT2D eigenvalue weighted by molar-refractivity contribution is 5.92. The molecular formula is C19H30N4O7. The standard InChI is InChI=1S/C18H28N4O5.CH2O2/c1-17(20-14(23)10-21(2)3)6-9-27-18(16(17)25)4-7-22(8-5-18)15(24)13-11-26-12-19-13;2-1-3/h11-12,16,25H,4-10H2,1-3H3,(H,20,23);1H,(H,2,3)/t16-,17+;/m1./s1. The van der Waals surface area contributed by atoms with Crippen LogP contribution in [0.5, 0.6) is 0 Å². The number of aromatic nitrogens is 1. The van der Waals surface area contributed by atoms with Crippen LogP contribution in [-0.2, 0) is 14.3 Å². The van der Waals surface area contributed by atoms with Crippen molar-refractivity contribution < 1.29 is 33.8 Å². The lowest BCUT2D eigenvalue weighted by Crippen LogP contribution is -2.69. The molecule has 2 amide bonds.